The highest BCUT2D eigenvalue weighted by atomic mass is 35.5. The maximum atomic E-state index is 14.5. The Bertz CT molecular complexity index is 968. The monoisotopic (exact) mass is 390 g/mol. The molecule has 1 fully saturated rings. The van der Waals surface area contributed by atoms with Crippen LogP contribution in [0.5, 0.6) is 0 Å². The second-order valence-corrected chi connectivity index (χ2v) is 7.66. The Hall–Kier alpha value is -2.25. The Balaban J connectivity index is 1.67. The molecule has 1 aromatic carbocycles. The van der Waals surface area contributed by atoms with Gasteiger partial charge < -0.3 is 9.26 Å². The minimum atomic E-state index is -0.793. The minimum Gasteiger partial charge on any atom is -0.371 e. The van der Waals surface area contributed by atoms with Crippen molar-refractivity contribution in [3.8, 4) is 0 Å². The molecule has 4 rings (SSSR count). The van der Waals surface area contributed by atoms with E-state index in [1.807, 2.05) is 27.0 Å². The Morgan fingerprint density at radius 3 is 2.85 bits per heavy atom. The van der Waals surface area contributed by atoms with Gasteiger partial charge >= 0.3 is 0 Å². The van der Waals surface area contributed by atoms with Gasteiger partial charge in [-0.1, -0.05) is 28.9 Å². The summed E-state index contributed by atoms with van der Waals surface area (Å²) in [5, 5.41) is 8.43. The number of hydrogen-bond acceptors (Lipinski definition) is 5. The number of nitrogens with zero attached hydrogens (tertiary/aromatic N) is 4. The Morgan fingerprint density at radius 1 is 1.30 bits per heavy atom. The van der Waals surface area contributed by atoms with Crippen molar-refractivity contribution < 1.29 is 13.7 Å². The Kier molecular flexibility index (Phi) is 4.52. The van der Waals surface area contributed by atoms with Crippen molar-refractivity contribution in [2.75, 3.05) is 6.61 Å². The lowest BCUT2D eigenvalue weighted by Crippen LogP contribution is -2.23. The number of benzene rings is 1. The van der Waals surface area contributed by atoms with Gasteiger partial charge in [-0.05, 0) is 32.4 Å². The van der Waals surface area contributed by atoms with E-state index in [1.54, 1.807) is 23.0 Å². The van der Waals surface area contributed by atoms with Gasteiger partial charge in [-0.25, -0.2) is 4.39 Å². The van der Waals surface area contributed by atoms with E-state index in [4.69, 9.17) is 20.9 Å². The van der Waals surface area contributed by atoms with Gasteiger partial charge in [0.05, 0.1) is 22.0 Å². The Morgan fingerprint density at radius 2 is 2.11 bits per heavy atom. The van der Waals surface area contributed by atoms with Crippen LogP contribution in [0.15, 0.2) is 35.0 Å². The number of rotatable bonds is 4. The van der Waals surface area contributed by atoms with Gasteiger partial charge in [-0.2, -0.15) is 10.1 Å². The van der Waals surface area contributed by atoms with Crippen molar-refractivity contribution in [3.05, 3.63) is 64.3 Å². The highest BCUT2D eigenvalue weighted by molar-refractivity contribution is 6.30. The fraction of sp³-hybridized carbons (Fsp3) is 0.421. The maximum Gasteiger partial charge on any atom is 0.232 e. The number of hydrogen-bond donors (Lipinski definition) is 0. The van der Waals surface area contributed by atoms with Crippen molar-refractivity contribution in [2.45, 2.75) is 37.7 Å². The van der Waals surface area contributed by atoms with Crippen molar-refractivity contribution in [3.63, 3.8) is 0 Å². The zero-order chi connectivity index (χ0) is 19.2. The largest absolute Gasteiger partial charge is 0.371 e. The molecule has 2 atom stereocenters. The summed E-state index contributed by atoms with van der Waals surface area (Å²) in [5.74, 6) is 0.368. The lowest BCUT2D eigenvalue weighted by atomic mass is 9.83. The molecule has 0 saturated carbocycles. The zero-order valence-electron chi connectivity index (χ0n) is 15.3. The highest BCUT2D eigenvalue weighted by Crippen LogP contribution is 2.42. The van der Waals surface area contributed by atoms with Crippen LogP contribution in [-0.2, 0) is 17.2 Å². The van der Waals surface area contributed by atoms with Crippen molar-refractivity contribution in [2.24, 2.45) is 7.05 Å². The molecule has 0 bridgehead atoms. The lowest BCUT2D eigenvalue weighted by Gasteiger charge is -2.22. The minimum absolute atomic E-state index is 0.0679. The molecule has 1 aliphatic heterocycles. The van der Waals surface area contributed by atoms with E-state index in [-0.39, 0.29) is 17.0 Å². The van der Waals surface area contributed by atoms with E-state index in [9.17, 15) is 4.39 Å². The number of aromatic nitrogens is 4. The first-order chi connectivity index (χ1) is 12.9. The van der Waals surface area contributed by atoms with Crippen LogP contribution in [0.1, 0.15) is 55.3 Å². The molecule has 0 amide bonds. The average molecular weight is 391 g/mol. The quantitative estimate of drug-likeness (QED) is 0.669. The number of ether oxygens (including phenoxy) is 1. The SMILES string of the molecule is Cn1nccc1[C@@H]1OCC[C@H]1c1nc(C(C)(C)c2cccc(Cl)c2F)no1. The van der Waals surface area contributed by atoms with Crippen LogP contribution in [0.25, 0.3) is 0 Å². The molecule has 27 heavy (non-hydrogen) atoms. The van der Waals surface area contributed by atoms with Crippen LogP contribution in [0, 0.1) is 5.82 Å². The molecule has 1 aliphatic rings. The van der Waals surface area contributed by atoms with E-state index in [0.717, 1.165) is 12.1 Å². The van der Waals surface area contributed by atoms with Crippen LogP contribution in [0.2, 0.25) is 5.02 Å². The summed E-state index contributed by atoms with van der Waals surface area (Å²) >= 11 is 5.94. The van der Waals surface area contributed by atoms with Gasteiger partial charge in [0.25, 0.3) is 0 Å². The molecule has 0 aliphatic carbocycles. The molecule has 8 heteroatoms. The maximum absolute atomic E-state index is 14.5. The predicted molar refractivity (Wildman–Crippen MR) is 97.1 cm³/mol. The fourth-order valence-corrected chi connectivity index (χ4v) is 3.72. The molecule has 0 radical (unpaired) electrons. The molecule has 0 N–H and O–H groups in total. The normalized spacial score (nSPS) is 20.3. The molecule has 2 aromatic heterocycles. The fourth-order valence-electron chi connectivity index (χ4n) is 3.54. The van der Waals surface area contributed by atoms with Gasteiger partial charge in [0.1, 0.15) is 11.9 Å². The topological polar surface area (TPSA) is 66.0 Å². The number of halogens is 2. The summed E-state index contributed by atoms with van der Waals surface area (Å²) in [4.78, 5) is 4.60. The van der Waals surface area contributed by atoms with Gasteiger partial charge in [-0.15, -0.1) is 0 Å². The van der Waals surface area contributed by atoms with E-state index in [0.29, 0.717) is 23.9 Å². The van der Waals surface area contributed by atoms with Crippen LogP contribution in [0.3, 0.4) is 0 Å². The summed E-state index contributed by atoms with van der Waals surface area (Å²) in [6, 6.07) is 6.85. The third-order valence-electron chi connectivity index (χ3n) is 5.18. The smallest absolute Gasteiger partial charge is 0.232 e. The third kappa shape index (κ3) is 3.04. The van der Waals surface area contributed by atoms with Gasteiger partial charge in [0.2, 0.25) is 5.89 Å². The van der Waals surface area contributed by atoms with E-state index >= 15 is 0 Å². The zero-order valence-corrected chi connectivity index (χ0v) is 16.1. The van der Waals surface area contributed by atoms with Gasteiger partial charge in [0.15, 0.2) is 5.82 Å². The summed E-state index contributed by atoms with van der Waals surface area (Å²) < 4.78 is 27.8. The first kappa shape index (κ1) is 18.1. The second-order valence-electron chi connectivity index (χ2n) is 7.25. The number of aryl methyl sites for hydroxylation is 1. The standard InChI is InChI=1S/C19H20ClFN4O2/c1-19(2,12-5-4-6-13(20)15(12)21)18-23-17(27-24-18)11-8-10-26-16(11)14-7-9-22-25(14)3/h4-7,9,11,16H,8,10H2,1-3H3/t11-,16-/m1/s1. The van der Waals surface area contributed by atoms with E-state index in [1.165, 1.54) is 6.07 Å². The first-order valence-electron chi connectivity index (χ1n) is 8.77. The molecule has 3 heterocycles. The van der Waals surface area contributed by atoms with Gasteiger partial charge in [0, 0.05) is 25.4 Å². The first-order valence-corrected chi connectivity index (χ1v) is 9.15. The van der Waals surface area contributed by atoms with Crippen LogP contribution < -0.4 is 0 Å². The van der Waals surface area contributed by atoms with Gasteiger partial charge in [-0.3, -0.25) is 4.68 Å². The summed E-state index contributed by atoms with van der Waals surface area (Å²) in [6.45, 7) is 4.30. The van der Waals surface area contributed by atoms with Crippen LogP contribution in [-0.4, -0.2) is 26.5 Å². The summed E-state index contributed by atoms with van der Waals surface area (Å²) in [5.41, 5.74) is 0.587. The van der Waals surface area contributed by atoms with Crippen molar-refractivity contribution >= 4 is 11.6 Å². The molecule has 3 aromatic rings. The van der Waals surface area contributed by atoms with E-state index < -0.39 is 11.2 Å². The molecule has 0 spiro atoms. The third-order valence-corrected chi connectivity index (χ3v) is 5.48. The highest BCUT2D eigenvalue weighted by Gasteiger charge is 2.39. The molecular formula is C19H20ClFN4O2. The molecule has 142 valence electrons. The second kappa shape index (κ2) is 6.73. The Labute approximate surface area is 161 Å². The molecule has 6 nitrogen and oxygen atoms in total. The van der Waals surface area contributed by atoms with Crippen LogP contribution in [0.4, 0.5) is 4.39 Å². The molecule has 0 unspecified atom stereocenters. The molecular weight excluding hydrogens is 371 g/mol. The average Bonchev–Trinajstić information content (AvgIpc) is 3.35. The van der Waals surface area contributed by atoms with Crippen LogP contribution >= 0.6 is 11.6 Å². The molecule has 1 saturated heterocycles. The van der Waals surface area contributed by atoms with E-state index in [2.05, 4.69) is 15.2 Å². The summed E-state index contributed by atoms with van der Waals surface area (Å²) in [6.07, 6.45) is 2.30. The predicted octanol–water partition coefficient (Wildman–Crippen LogP) is 4.17. The van der Waals surface area contributed by atoms with Crippen molar-refractivity contribution in [1.29, 1.82) is 0 Å². The lowest BCUT2D eigenvalue weighted by molar-refractivity contribution is 0.0921. The summed E-state index contributed by atoms with van der Waals surface area (Å²) in [7, 11) is 1.87. The van der Waals surface area contributed by atoms with Crippen molar-refractivity contribution in [1.82, 2.24) is 19.9 Å².